The molecular formula is C14H18O5S. The molecule has 1 aromatic rings. The largest absolute Gasteiger partial charge is 0.465 e. The van der Waals surface area contributed by atoms with Gasteiger partial charge in [0, 0.05) is 5.56 Å². The van der Waals surface area contributed by atoms with E-state index in [9.17, 15) is 18.0 Å². The van der Waals surface area contributed by atoms with Crippen molar-refractivity contribution in [3.63, 3.8) is 0 Å². The fraction of sp³-hybridized carbons (Fsp3) is 0.429. The molecular weight excluding hydrogens is 280 g/mol. The molecule has 0 N–H and O–H groups in total. The summed E-state index contributed by atoms with van der Waals surface area (Å²) >= 11 is 0. The standard InChI is InChI=1S/C14H18O5S/c1-3-4-9-19-14(16)10-20(17,18)13-7-5-12(6-8-13)11(2)15/h5-8H,3-4,9-10H2,1-2H3. The first-order valence-electron chi connectivity index (χ1n) is 6.36. The van der Waals surface area contributed by atoms with Gasteiger partial charge in [0.05, 0.1) is 11.5 Å². The van der Waals surface area contributed by atoms with E-state index >= 15 is 0 Å². The fourth-order valence-corrected chi connectivity index (χ4v) is 2.62. The lowest BCUT2D eigenvalue weighted by molar-refractivity contribution is -0.140. The Morgan fingerprint density at radius 2 is 1.75 bits per heavy atom. The zero-order valence-corrected chi connectivity index (χ0v) is 12.4. The fourth-order valence-electron chi connectivity index (χ4n) is 1.51. The average Bonchev–Trinajstić information content (AvgIpc) is 2.38. The summed E-state index contributed by atoms with van der Waals surface area (Å²) in [4.78, 5) is 22.5. The maximum Gasteiger partial charge on any atom is 0.321 e. The van der Waals surface area contributed by atoms with Crippen LogP contribution in [0.5, 0.6) is 0 Å². The zero-order chi connectivity index (χ0) is 15.2. The minimum atomic E-state index is -3.72. The number of Topliss-reactive ketones (excluding diaryl/α,β-unsaturated/α-hetero) is 1. The van der Waals surface area contributed by atoms with Crippen LogP contribution in [0.3, 0.4) is 0 Å². The predicted molar refractivity (Wildman–Crippen MR) is 74.4 cm³/mol. The van der Waals surface area contributed by atoms with Crippen molar-refractivity contribution in [1.29, 1.82) is 0 Å². The van der Waals surface area contributed by atoms with Gasteiger partial charge in [-0.1, -0.05) is 25.5 Å². The molecule has 0 saturated carbocycles. The number of rotatable bonds is 7. The molecule has 0 spiro atoms. The number of hydrogen-bond acceptors (Lipinski definition) is 5. The van der Waals surface area contributed by atoms with Crippen molar-refractivity contribution in [1.82, 2.24) is 0 Å². The molecule has 0 aliphatic heterocycles. The van der Waals surface area contributed by atoms with Crippen LogP contribution in [0.4, 0.5) is 0 Å². The van der Waals surface area contributed by atoms with E-state index in [1.807, 2.05) is 6.92 Å². The molecule has 0 aliphatic carbocycles. The number of ether oxygens (including phenoxy) is 1. The second-order valence-electron chi connectivity index (χ2n) is 4.41. The van der Waals surface area contributed by atoms with Crippen LogP contribution in [-0.2, 0) is 19.4 Å². The van der Waals surface area contributed by atoms with Gasteiger partial charge in [-0.05, 0) is 25.5 Å². The number of carbonyl (C=O) groups excluding carboxylic acids is 2. The predicted octanol–water partition coefficient (Wildman–Crippen LogP) is 2.01. The number of hydrogen-bond donors (Lipinski definition) is 0. The lowest BCUT2D eigenvalue weighted by atomic mass is 10.2. The molecule has 0 aromatic heterocycles. The summed E-state index contributed by atoms with van der Waals surface area (Å²) in [5, 5.41) is 0. The lowest BCUT2D eigenvalue weighted by Crippen LogP contribution is -2.19. The van der Waals surface area contributed by atoms with Crippen molar-refractivity contribution in [2.45, 2.75) is 31.6 Å². The molecule has 5 nitrogen and oxygen atoms in total. The van der Waals surface area contributed by atoms with E-state index in [2.05, 4.69) is 0 Å². The first kappa shape index (κ1) is 16.4. The molecule has 0 fully saturated rings. The van der Waals surface area contributed by atoms with Gasteiger partial charge in [-0.15, -0.1) is 0 Å². The van der Waals surface area contributed by atoms with Gasteiger partial charge < -0.3 is 4.74 Å². The van der Waals surface area contributed by atoms with E-state index in [0.717, 1.165) is 6.42 Å². The highest BCUT2D eigenvalue weighted by atomic mass is 32.2. The first-order chi connectivity index (χ1) is 9.36. The number of carbonyl (C=O) groups is 2. The van der Waals surface area contributed by atoms with Crippen LogP contribution >= 0.6 is 0 Å². The van der Waals surface area contributed by atoms with Crippen LogP contribution in [0.2, 0.25) is 0 Å². The Morgan fingerprint density at radius 3 is 2.25 bits per heavy atom. The Labute approximate surface area is 118 Å². The second-order valence-corrected chi connectivity index (χ2v) is 6.40. The molecule has 0 saturated heterocycles. The van der Waals surface area contributed by atoms with E-state index in [1.165, 1.54) is 31.2 Å². The van der Waals surface area contributed by atoms with Gasteiger partial charge in [0.2, 0.25) is 0 Å². The molecule has 1 rings (SSSR count). The van der Waals surface area contributed by atoms with Crippen LogP contribution in [-0.4, -0.2) is 32.5 Å². The van der Waals surface area contributed by atoms with E-state index in [1.54, 1.807) is 0 Å². The maximum atomic E-state index is 12.0. The smallest absolute Gasteiger partial charge is 0.321 e. The van der Waals surface area contributed by atoms with Crippen molar-refractivity contribution >= 4 is 21.6 Å². The van der Waals surface area contributed by atoms with Gasteiger partial charge in [-0.3, -0.25) is 9.59 Å². The van der Waals surface area contributed by atoms with Gasteiger partial charge in [-0.25, -0.2) is 8.42 Å². The Hall–Kier alpha value is -1.69. The third-order valence-electron chi connectivity index (χ3n) is 2.69. The molecule has 110 valence electrons. The third-order valence-corrected chi connectivity index (χ3v) is 4.29. The molecule has 0 radical (unpaired) electrons. The second kappa shape index (κ2) is 7.19. The monoisotopic (exact) mass is 298 g/mol. The minimum absolute atomic E-state index is 0.00921. The van der Waals surface area contributed by atoms with Gasteiger partial charge in [0.15, 0.2) is 21.4 Å². The highest BCUT2D eigenvalue weighted by Crippen LogP contribution is 2.13. The summed E-state index contributed by atoms with van der Waals surface area (Å²) in [7, 11) is -3.72. The number of sulfone groups is 1. The molecule has 0 heterocycles. The van der Waals surface area contributed by atoms with Gasteiger partial charge in [0.25, 0.3) is 0 Å². The Morgan fingerprint density at radius 1 is 1.15 bits per heavy atom. The Balaban J connectivity index is 2.73. The summed E-state index contributed by atoms with van der Waals surface area (Å²) in [6, 6.07) is 5.51. The van der Waals surface area contributed by atoms with Gasteiger partial charge in [0.1, 0.15) is 0 Å². The molecule has 0 atom stereocenters. The van der Waals surface area contributed by atoms with E-state index in [-0.39, 0.29) is 17.3 Å². The quantitative estimate of drug-likeness (QED) is 0.437. The summed E-state index contributed by atoms with van der Waals surface area (Å²) in [5.41, 5.74) is 0.425. The van der Waals surface area contributed by atoms with Crippen molar-refractivity contribution in [3.05, 3.63) is 29.8 Å². The van der Waals surface area contributed by atoms with Crippen molar-refractivity contribution in [2.75, 3.05) is 12.4 Å². The molecule has 6 heteroatoms. The zero-order valence-electron chi connectivity index (χ0n) is 11.6. The molecule has 0 aliphatic rings. The van der Waals surface area contributed by atoms with Crippen molar-refractivity contribution in [3.8, 4) is 0 Å². The topological polar surface area (TPSA) is 77.5 Å². The van der Waals surface area contributed by atoms with Crippen LogP contribution in [0, 0.1) is 0 Å². The minimum Gasteiger partial charge on any atom is -0.465 e. The third kappa shape index (κ3) is 4.77. The van der Waals surface area contributed by atoms with Crippen LogP contribution in [0.15, 0.2) is 29.2 Å². The summed E-state index contributed by atoms with van der Waals surface area (Å²) < 4.78 is 28.8. The average molecular weight is 298 g/mol. The normalized spacial score (nSPS) is 11.1. The highest BCUT2D eigenvalue weighted by Gasteiger charge is 2.20. The van der Waals surface area contributed by atoms with Crippen molar-refractivity contribution < 1.29 is 22.7 Å². The van der Waals surface area contributed by atoms with E-state index in [4.69, 9.17) is 4.74 Å². The van der Waals surface area contributed by atoms with Crippen LogP contribution < -0.4 is 0 Å². The van der Waals surface area contributed by atoms with E-state index in [0.29, 0.717) is 12.0 Å². The lowest BCUT2D eigenvalue weighted by Gasteiger charge is -2.06. The maximum absolute atomic E-state index is 12.0. The molecule has 20 heavy (non-hydrogen) atoms. The molecule has 0 unspecified atom stereocenters. The number of unbranched alkanes of at least 4 members (excludes halogenated alkanes) is 1. The number of ketones is 1. The summed E-state index contributed by atoms with van der Waals surface area (Å²) in [6.45, 7) is 3.57. The molecule has 0 amide bonds. The first-order valence-corrected chi connectivity index (χ1v) is 8.01. The highest BCUT2D eigenvalue weighted by molar-refractivity contribution is 7.92. The summed E-state index contributed by atoms with van der Waals surface area (Å²) in [5.74, 6) is -1.59. The Kier molecular flexibility index (Phi) is 5.88. The van der Waals surface area contributed by atoms with Crippen LogP contribution in [0.25, 0.3) is 0 Å². The van der Waals surface area contributed by atoms with Gasteiger partial charge in [-0.2, -0.15) is 0 Å². The molecule has 0 bridgehead atoms. The number of benzene rings is 1. The van der Waals surface area contributed by atoms with E-state index < -0.39 is 21.6 Å². The Bertz CT molecular complexity index is 572. The number of esters is 1. The van der Waals surface area contributed by atoms with Gasteiger partial charge >= 0.3 is 5.97 Å². The van der Waals surface area contributed by atoms with Crippen LogP contribution in [0.1, 0.15) is 37.0 Å². The molecule has 1 aromatic carbocycles. The van der Waals surface area contributed by atoms with Crippen molar-refractivity contribution in [2.24, 2.45) is 0 Å². The summed E-state index contributed by atoms with van der Waals surface area (Å²) in [6.07, 6.45) is 1.58. The SMILES string of the molecule is CCCCOC(=O)CS(=O)(=O)c1ccc(C(C)=O)cc1.